The minimum atomic E-state index is -0.255. The van der Waals surface area contributed by atoms with Crippen LogP contribution in [-0.4, -0.2) is 35.3 Å². The molecule has 0 aromatic heterocycles. The van der Waals surface area contributed by atoms with E-state index >= 15 is 0 Å². The minimum Gasteiger partial charge on any atom is -0.377 e. The highest BCUT2D eigenvalue weighted by Crippen LogP contribution is 2.41. The summed E-state index contributed by atoms with van der Waals surface area (Å²) in [7, 11) is 0. The fourth-order valence-corrected chi connectivity index (χ4v) is 4.56. The first-order valence-electron chi connectivity index (χ1n) is 6.62. The summed E-state index contributed by atoms with van der Waals surface area (Å²) in [6, 6.07) is 2.49. The molecule has 2 fully saturated rings. The van der Waals surface area contributed by atoms with Gasteiger partial charge in [-0.3, -0.25) is 5.32 Å². The third-order valence-corrected chi connectivity index (χ3v) is 5.63. The second-order valence-electron chi connectivity index (χ2n) is 5.13. The molecule has 2 rings (SSSR count). The van der Waals surface area contributed by atoms with E-state index in [1.165, 1.54) is 6.42 Å². The molecule has 96 valence electrons. The molecule has 0 aromatic carbocycles. The number of rotatable bonds is 4. The van der Waals surface area contributed by atoms with Crippen molar-refractivity contribution in [3.63, 3.8) is 0 Å². The normalized spacial score (nSPS) is 41.6. The molecule has 4 heteroatoms. The molecule has 0 radical (unpaired) electrons. The molecule has 1 saturated heterocycles. The summed E-state index contributed by atoms with van der Waals surface area (Å²) in [4.78, 5) is 0. The van der Waals surface area contributed by atoms with Crippen molar-refractivity contribution in [2.45, 2.75) is 61.7 Å². The molecule has 4 atom stereocenters. The Bertz CT molecular complexity index is 304. The first-order chi connectivity index (χ1) is 8.19. The van der Waals surface area contributed by atoms with Crippen LogP contribution in [0.2, 0.25) is 0 Å². The Morgan fingerprint density at radius 2 is 2.35 bits per heavy atom. The van der Waals surface area contributed by atoms with Crippen LogP contribution in [-0.2, 0) is 4.74 Å². The third kappa shape index (κ3) is 2.96. The fourth-order valence-electron chi connectivity index (χ4n) is 2.89. The second-order valence-corrected chi connectivity index (χ2v) is 6.67. The molecule has 0 bridgehead atoms. The molecule has 0 amide bonds. The van der Waals surface area contributed by atoms with E-state index in [1.807, 2.05) is 0 Å². The van der Waals surface area contributed by atoms with Crippen molar-refractivity contribution in [3.8, 4) is 6.07 Å². The molecule has 4 unspecified atom stereocenters. The smallest absolute Gasteiger partial charge is 0.107 e. The molecule has 0 aromatic rings. The van der Waals surface area contributed by atoms with Crippen LogP contribution in [0.5, 0.6) is 0 Å². The van der Waals surface area contributed by atoms with Gasteiger partial charge in [-0.05, 0) is 39.2 Å². The lowest BCUT2D eigenvalue weighted by Crippen LogP contribution is -2.41. The highest BCUT2D eigenvalue weighted by Gasteiger charge is 2.40. The van der Waals surface area contributed by atoms with Gasteiger partial charge in [0.25, 0.3) is 0 Å². The van der Waals surface area contributed by atoms with Gasteiger partial charge < -0.3 is 4.74 Å². The maximum atomic E-state index is 9.33. The molecule has 17 heavy (non-hydrogen) atoms. The molecule has 2 aliphatic rings. The summed E-state index contributed by atoms with van der Waals surface area (Å²) in [6.45, 7) is 6.03. The van der Waals surface area contributed by atoms with Gasteiger partial charge in [0.05, 0.1) is 12.2 Å². The number of ether oxygens (including phenoxy) is 1. The van der Waals surface area contributed by atoms with Crippen molar-refractivity contribution < 1.29 is 4.74 Å². The molecular formula is C13H22N2OS. The Hall–Kier alpha value is -0.240. The largest absolute Gasteiger partial charge is 0.377 e. The van der Waals surface area contributed by atoms with E-state index in [0.29, 0.717) is 16.6 Å². The number of hydrogen-bond acceptors (Lipinski definition) is 4. The molecule has 1 N–H and O–H groups in total. The van der Waals surface area contributed by atoms with E-state index < -0.39 is 0 Å². The zero-order valence-electron chi connectivity index (χ0n) is 10.7. The molecule has 0 spiro atoms. The van der Waals surface area contributed by atoms with Crippen molar-refractivity contribution in [1.29, 1.82) is 5.26 Å². The van der Waals surface area contributed by atoms with Gasteiger partial charge in [0.1, 0.15) is 5.54 Å². The lowest BCUT2D eigenvalue weighted by atomic mass is 10.0. The van der Waals surface area contributed by atoms with Crippen LogP contribution < -0.4 is 5.32 Å². The summed E-state index contributed by atoms with van der Waals surface area (Å²) in [5.74, 6) is 0. The van der Waals surface area contributed by atoms with E-state index in [0.717, 1.165) is 32.4 Å². The number of nitrogens with zero attached hydrogens (tertiary/aromatic N) is 1. The zero-order chi connectivity index (χ0) is 12.3. The molecule has 1 aliphatic carbocycles. The van der Waals surface area contributed by atoms with Crippen LogP contribution in [0.25, 0.3) is 0 Å². The Labute approximate surface area is 108 Å². The summed E-state index contributed by atoms with van der Waals surface area (Å²) < 4.78 is 5.60. The molecule has 1 saturated carbocycles. The predicted octanol–water partition coefficient (Wildman–Crippen LogP) is 2.32. The van der Waals surface area contributed by atoms with Gasteiger partial charge in [-0.15, -0.1) is 0 Å². The topological polar surface area (TPSA) is 45.0 Å². The van der Waals surface area contributed by atoms with Crippen molar-refractivity contribution in [1.82, 2.24) is 5.32 Å². The second kappa shape index (κ2) is 5.60. The van der Waals surface area contributed by atoms with Crippen LogP contribution >= 0.6 is 11.8 Å². The van der Waals surface area contributed by atoms with Gasteiger partial charge in [-0.25, -0.2) is 0 Å². The first-order valence-corrected chi connectivity index (χ1v) is 7.57. The van der Waals surface area contributed by atoms with Gasteiger partial charge in [0, 0.05) is 17.1 Å². The lowest BCUT2D eigenvalue weighted by Gasteiger charge is -2.23. The van der Waals surface area contributed by atoms with Gasteiger partial charge in [0.15, 0.2) is 0 Å². The van der Waals surface area contributed by atoms with Crippen molar-refractivity contribution in [2.75, 3.05) is 13.2 Å². The first kappa shape index (κ1) is 13.2. The summed E-state index contributed by atoms with van der Waals surface area (Å²) in [5, 5.41) is 14.0. The van der Waals surface area contributed by atoms with E-state index in [1.54, 1.807) is 0 Å². The SMILES string of the molecule is CCNC1(C#N)CCC(SC2CCOC2C)C1. The van der Waals surface area contributed by atoms with Crippen molar-refractivity contribution in [2.24, 2.45) is 0 Å². The Kier molecular flexibility index (Phi) is 4.35. The minimum absolute atomic E-state index is 0.255. The molecular weight excluding hydrogens is 232 g/mol. The lowest BCUT2D eigenvalue weighted by molar-refractivity contribution is 0.127. The maximum absolute atomic E-state index is 9.33. The van der Waals surface area contributed by atoms with Crippen LogP contribution in [0.4, 0.5) is 0 Å². The van der Waals surface area contributed by atoms with Crippen molar-refractivity contribution in [3.05, 3.63) is 0 Å². The van der Waals surface area contributed by atoms with Gasteiger partial charge in [-0.2, -0.15) is 17.0 Å². The fraction of sp³-hybridized carbons (Fsp3) is 0.923. The van der Waals surface area contributed by atoms with E-state index in [-0.39, 0.29) is 5.54 Å². The van der Waals surface area contributed by atoms with Crippen LogP contribution in [0.1, 0.15) is 39.5 Å². The zero-order valence-corrected chi connectivity index (χ0v) is 11.6. The maximum Gasteiger partial charge on any atom is 0.107 e. The highest BCUT2D eigenvalue weighted by molar-refractivity contribution is 8.00. The number of hydrogen-bond donors (Lipinski definition) is 1. The molecule has 1 aliphatic heterocycles. The van der Waals surface area contributed by atoms with Gasteiger partial charge >= 0.3 is 0 Å². The standard InChI is InChI=1S/C13H22N2OS/c1-3-15-13(9-14)6-4-11(8-13)17-12-5-7-16-10(12)2/h10-12,15H,3-8H2,1-2H3. The van der Waals surface area contributed by atoms with E-state index in [4.69, 9.17) is 4.74 Å². The Morgan fingerprint density at radius 3 is 2.94 bits per heavy atom. The van der Waals surface area contributed by atoms with Crippen molar-refractivity contribution >= 4 is 11.8 Å². The number of nitrogens with one attached hydrogen (secondary N) is 1. The summed E-state index contributed by atoms with van der Waals surface area (Å²) >= 11 is 2.05. The van der Waals surface area contributed by atoms with Gasteiger partial charge in [-0.1, -0.05) is 6.92 Å². The highest BCUT2D eigenvalue weighted by atomic mass is 32.2. The molecule has 1 heterocycles. The average Bonchev–Trinajstić information content (AvgIpc) is 2.89. The predicted molar refractivity (Wildman–Crippen MR) is 71.1 cm³/mol. The third-order valence-electron chi connectivity index (χ3n) is 3.87. The van der Waals surface area contributed by atoms with Crippen LogP contribution in [0, 0.1) is 11.3 Å². The summed E-state index contributed by atoms with van der Waals surface area (Å²) in [6.07, 6.45) is 4.70. The van der Waals surface area contributed by atoms with E-state index in [2.05, 4.69) is 37.0 Å². The summed E-state index contributed by atoms with van der Waals surface area (Å²) in [5.41, 5.74) is -0.255. The monoisotopic (exact) mass is 254 g/mol. The van der Waals surface area contributed by atoms with E-state index in [9.17, 15) is 5.26 Å². The quantitative estimate of drug-likeness (QED) is 0.836. The number of thioether (sulfide) groups is 1. The van der Waals surface area contributed by atoms with Crippen LogP contribution in [0.15, 0.2) is 0 Å². The molecule has 3 nitrogen and oxygen atoms in total. The van der Waals surface area contributed by atoms with Gasteiger partial charge in [0.2, 0.25) is 0 Å². The van der Waals surface area contributed by atoms with Crippen LogP contribution in [0.3, 0.4) is 0 Å². The number of nitriles is 1. The Morgan fingerprint density at radius 1 is 1.53 bits per heavy atom. The Balaban J connectivity index is 1.87. The average molecular weight is 254 g/mol.